The van der Waals surface area contributed by atoms with Gasteiger partial charge in [0, 0.05) is 5.69 Å². The fourth-order valence-corrected chi connectivity index (χ4v) is 1.52. The van der Waals surface area contributed by atoms with E-state index < -0.39 is 0 Å². The molecular weight excluding hydrogens is 296 g/mol. The molecule has 0 spiro atoms. The number of benzene rings is 1. The fourth-order valence-electron chi connectivity index (χ4n) is 1.12. The van der Waals surface area contributed by atoms with Gasteiger partial charge in [0.25, 0.3) is 0 Å². The number of rotatable bonds is 2. The van der Waals surface area contributed by atoms with E-state index in [4.69, 9.17) is 11.6 Å². The monoisotopic (exact) mass is 301 g/mol. The quantitative estimate of drug-likeness (QED) is 0.917. The summed E-state index contributed by atoms with van der Waals surface area (Å²) in [6.45, 7) is 0. The van der Waals surface area contributed by atoms with Gasteiger partial charge in [-0.25, -0.2) is 9.37 Å². The number of nitrogens with one attached hydrogen (secondary N) is 1. The number of aromatic nitrogens is 2. The molecule has 0 fully saturated rings. The van der Waals surface area contributed by atoms with Crippen molar-refractivity contribution in [3.8, 4) is 0 Å². The van der Waals surface area contributed by atoms with Crippen LogP contribution in [-0.4, -0.2) is 9.97 Å². The smallest absolute Gasteiger partial charge is 0.150 e. The van der Waals surface area contributed by atoms with Gasteiger partial charge in [0.2, 0.25) is 0 Å². The molecule has 0 radical (unpaired) electrons. The number of nitrogens with zero attached hydrogens (tertiary/aromatic N) is 2. The summed E-state index contributed by atoms with van der Waals surface area (Å²) in [5, 5.41) is 3.17. The summed E-state index contributed by atoms with van der Waals surface area (Å²) in [7, 11) is 0. The molecule has 0 amide bonds. The van der Waals surface area contributed by atoms with Crippen molar-refractivity contribution in [2.45, 2.75) is 0 Å². The highest BCUT2D eigenvalue weighted by molar-refractivity contribution is 9.10. The molecule has 1 aromatic carbocycles. The third-order valence-electron chi connectivity index (χ3n) is 1.80. The Balaban J connectivity index is 2.24. The zero-order chi connectivity index (χ0) is 11.5. The number of anilines is 2. The summed E-state index contributed by atoms with van der Waals surface area (Å²) in [4.78, 5) is 7.84. The molecule has 0 saturated carbocycles. The predicted molar refractivity (Wildman–Crippen MR) is 64.4 cm³/mol. The Hall–Kier alpha value is -1.20. The topological polar surface area (TPSA) is 37.8 Å². The molecule has 0 saturated heterocycles. The molecule has 0 aliphatic carbocycles. The molecule has 16 heavy (non-hydrogen) atoms. The first-order valence-electron chi connectivity index (χ1n) is 4.35. The van der Waals surface area contributed by atoms with E-state index in [0.29, 0.717) is 16.0 Å². The van der Waals surface area contributed by atoms with Gasteiger partial charge in [-0.15, -0.1) is 0 Å². The van der Waals surface area contributed by atoms with E-state index in [9.17, 15) is 4.39 Å². The minimum absolute atomic E-state index is 0.280. The van der Waals surface area contributed by atoms with E-state index >= 15 is 0 Å². The molecule has 1 N–H and O–H groups in total. The number of hydrogen-bond donors (Lipinski definition) is 1. The van der Waals surface area contributed by atoms with E-state index in [2.05, 4.69) is 31.2 Å². The van der Waals surface area contributed by atoms with Gasteiger partial charge >= 0.3 is 0 Å². The van der Waals surface area contributed by atoms with Gasteiger partial charge in [-0.05, 0) is 34.1 Å². The van der Waals surface area contributed by atoms with Crippen molar-refractivity contribution < 1.29 is 4.39 Å². The summed E-state index contributed by atoms with van der Waals surface area (Å²) in [5.74, 6) is 0.120. The van der Waals surface area contributed by atoms with Crippen LogP contribution in [0.3, 0.4) is 0 Å². The molecule has 0 aliphatic heterocycles. The molecule has 2 aromatic rings. The second kappa shape index (κ2) is 4.76. The molecule has 1 aromatic heterocycles. The van der Waals surface area contributed by atoms with Crippen LogP contribution in [0.2, 0.25) is 5.15 Å². The van der Waals surface area contributed by atoms with Crippen molar-refractivity contribution >= 4 is 39.0 Å². The first kappa shape index (κ1) is 11.3. The van der Waals surface area contributed by atoms with Crippen molar-refractivity contribution in [2.75, 3.05) is 5.32 Å². The van der Waals surface area contributed by atoms with Crippen molar-refractivity contribution in [3.63, 3.8) is 0 Å². The van der Waals surface area contributed by atoms with Crippen LogP contribution in [0.15, 0.2) is 35.1 Å². The van der Waals surface area contributed by atoms with Crippen LogP contribution in [0.1, 0.15) is 0 Å². The van der Waals surface area contributed by atoms with Crippen LogP contribution in [0.4, 0.5) is 15.9 Å². The van der Waals surface area contributed by atoms with Crippen LogP contribution < -0.4 is 5.32 Å². The van der Waals surface area contributed by atoms with E-state index in [1.165, 1.54) is 18.5 Å². The summed E-state index contributed by atoms with van der Waals surface area (Å²) in [6.07, 6.45) is 2.93. The Morgan fingerprint density at radius 2 is 2.12 bits per heavy atom. The van der Waals surface area contributed by atoms with Gasteiger partial charge in [0.05, 0.1) is 16.9 Å². The largest absolute Gasteiger partial charge is 0.339 e. The third kappa shape index (κ3) is 2.68. The van der Waals surface area contributed by atoms with E-state index in [-0.39, 0.29) is 11.0 Å². The molecule has 3 nitrogen and oxygen atoms in total. The molecule has 2 rings (SSSR count). The fraction of sp³-hybridized carbons (Fsp3) is 0. The van der Waals surface area contributed by atoms with Gasteiger partial charge in [-0.1, -0.05) is 11.6 Å². The van der Waals surface area contributed by atoms with Crippen LogP contribution in [0.5, 0.6) is 0 Å². The zero-order valence-corrected chi connectivity index (χ0v) is 10.3. The standard InChI is InChI=1S/C10H6BrClFN3/c11-7-2-1-6(3-8(7)13)15-10-5-14-4-9(12)16-10/h1-5H,(H,15,16). The van der Waals surface area contributed by atoms with Gasteiger partial charge in [0.15, 0.2) is 5.82 Å². The normalized spacial score (nSPS) is 10.2. The van der Waals surface area contributed by atoms with E-state index in [0.717, 1.165) is 0 Å². The van der Waals surface area contributed by atoms with Crippen LogP contribution >= 0.6 is 27.5 Å². The van der Waals surface area contributed by atoms with Gasteiger partial charge in [-0.2, -0.15) is 0 Å². The molecule has 0 aliphatic rings. The summed E-state index contributed by atoms with van der Waals surface area (Å²) in [5.41, 5.74) is 0.581. The average Bonchev–Trinajstić information content (AvgIpc) is 2.24. The maximum atomic E-state index is 13.2. The average molecular weight is 303 g/mol. The lowest BCUT2D eigenvalue weighted by molar-refractivity contribution is 0.622. The first-order chi connectivity index (χ1) is 7.65. The molecule has 0 bridgehead atoms. The number of halogens is 3. The van der Waals surface area contributed by atoms with Crippen LogP contribution in [-0.2, 0) is 0 Å². The van der Waals surface area contributed by atoms with E-state index in [1.54, 1.807) is 12.1 Å². The van der Waals surface area contributed by atoms with Crippen molar-refractivity contribution in [1.82, 2.24) is 9.97 Å². The van der Waals surface area contributed by atoms with Gasteiger partial charge < -0.3 is 5.32 Å². The van der Waals surface area contributed by atoms with Crippen molar-refractivity contribution in [2.24, 2.45) is 0 Å². The highest BCUT2D eigenvalue weighted by Gasteiger charge is 2.02. The zero-order valence-electron chi connectivity index (χ0n) is 7.92. The van der Waals surface area contributed by atoms with E-state index in [1.807, 2.05) is 0 Å². The lowest BCUT2D eigenvalue weighted by atomic mass is 10.3. The first-order valence-corrected chi connectivity index (χ1v) is 5.52. The van der Waals surface area contributed by atoms with Crippen molar-refractivity contribution in [3.05, 3.63) is 46.0 Å². The second-order valence-corrected chi connectivity index (χ2v) is 4.22. The highest BCUT2D eigenvalue weighted by Crippen LogP contribution is 2.21. The van der Waals surface area contributed by atoms with Gasteiger partial charge in [0.1, 0.15) is 11.0 Å². The molecule has 0 unspecified atom stereocenters. The molecule has 82 valence electrons. The number of hydrogen-bond acceptors (Lipinski definition) is 3. The van der Waals surface area contributed by atoms with Crippen molar-refractivity contribution in [1.29, 1.82) is 0 Å². The highest BCUT2D eigenvalue weighted by atomic mass is 79.9. The Kier molecular flexibility index (Phi) is 3.36. The summed E-state index contributed by atoms with van der Waals surface area (Å²) in [6, 6.07) is 4.68. The summed E-state index contributed by atoms with van der Waals surface area (Å²) >= 11 is 8.75. The minimum Gasteiger partial charge on any atom is -0.339 e. The maximum Gasteiger partial charge on any atom is 0.150 e. The molecule has 0 atom stereocenters. The van der Waals surface area contributed by atoms with Crippen LogP contribution in [0.25, 0.3) is 0 Å². The van der Waals surface area contributed by atoms with Gasteiger partial charge in [-0.3, -0.25) is 4.98 Å². The Bertz CT molecular complexity index is 521. The predicted octanol–water partition coefficient (Wildman–Crippen LogP) is 3.78. The lowest BCUT2D eigenvalue weighted by Crippen LogP contribution is -1.95. The maximum absolute atomic E-state index is 13.2. The van der Waals surface area contributed by atoms with Crippen LogP contribution in [0, 0.1) is 5.82 Å². The molecule has 1 heterocycles. The molecule has 6 heteroatoms. The Labute approximate surface area is 105 Å². The Morgan fingerprint density at radius 3 is 2.81 bits per heavy atom. The third-order valence-corrected chi connectivity index (χ3v) is 2.62. The molecular formula is C10H6BrClFN3. The minimum atomic E-state index is -0.347. The lowest BCUT2D eigenvalue weighted by Gasteiger charge is -2.05. The SMILES string of the molecule is Fc1cc(Nc2cncc(Cl)n2)ccc1Br. The Morgan fingerprint density at radius 1 is 1.31 bits per heavy atom. The second-order valence-electron chi connectivity index (χ2n) is 2.98. The summed E-state index contributed by atoms with van der Waals surface area (Å²) < 4.78 is 13.6.